The van der Waals surface area contributed by atoms with Gasteiger partial charge in [-0.3, -0.25) is 57.6 Å². The lowest BCUT2D eigenvalue weighted by Crippen LogP contribution is -2.64. The fourth-order valence-corrected chi connectivity index (χ4v) is 12.9. The van der Waals surface area contributed by atoms with Crippen molar-refractivity contribution in [3.8, 4) is 0 Å². The minimum absolute atomic E-state index is 0.0185. The lowest BCUT2D eigenvalue weighted by Gasteiger charge is -2.41. The second-order valence-corrected chi connectivity index (χ2v) is 30.2. The van der Waals surface area contributed by atoms with Gasteiger partial charge in [-0.15, -0.1) is 0 Å². The Bertz CT molecular complexity index is 2630. The lowest BCUT2D eigenvalue weighted by atomic mass is 9.91. The first-order valence-electron chi connectivity index (χ1n) is 33.9. The fourth-order valence-electron chi connectivity index (χ4n) is 11.8. The first-order valence-corrected chi connectivity index (χ1v) is 35.1. The molecule has 0 aromatic heterocycles. The third kappa shape index (κ3) is 26.4. The van der Waals surface area contributed by atoms with Gasteiger partial charge >= 0.3 is 0 Å². The Morgan fingerprint density at radius 2 is 1.03 bits per heavy atom. The highest BCUT2D eigenvalue weighted by molar-refractivity contribution is 7.99. The summed E-state index contributed by atoms with van der Waals surface area (Å²) in [5, 5.41) is 34.6. The summed E-state index contributed by atoms with van der Waals surface area (Å²) < 4.78 is 0. The van der Waals surface area contributed by atoms with Crippen molar-refractivity contribution in [1.29, 1.82) is 0 Å². The SMILES string of the molecule is CC=CC[C@@H](C)[C@@H](O)[C@H]1C(=O)N[C@@H](CC)C(=O)N(C)[C@H](CSCCCC(C)=O)C(=O)CN(C)[C@@H](CC(C)(C)O)C(=O)N[C@@H](C(C)C)C(=O)N(C)[C@@H](CC(C)C)C(=O)N[C@@H](C)C(=O)N[C@H](C)C(=O)N(C)[C@@H](CC(C)C)C(=O)N(C)[C@@H](CC(C)C)C(=O)N(C)[C@@H](C(C)C)C(=O)N1C. The van der Waals surface area contributed by atoms with Gasteiger partial charge in [0, 0.05) is 60.9 Å². The van der Waals surface area contributed by atoms with Crippen LogP contribution in [0.3, 0.4) is 0 Å². The van der Waals surface area contributed by atoms with Crippen LogP contribution in [0.25, 0.3) is 0 Å². The molecule has 544 valence electrons. The summed E-state index contributed by atoms with van der Waals surface area (Å²) in [7, 11) is 9.97. The van der Waals surface area contributed by atoms with Crippen LogP contribution in [0.2, 0.25) is 0 Å². The van der Waals surface area contributed by atoms with Crippen molar-refractivity contribution >= 4 is 82.4 Å². The number of hydrogen-bond donors (Lipinski definition) is 6. The van der Waals surface area contributed by atoms with Crippen LogP contribution in [0.15, 0.2) is 12.2 Å². The molecule has 1 aliphatic heterocycles. The normalized spacial score (nSPS) is 26.5. The van der Waals surface area contributed by atoms with Crippen LogP contribution < -0.4 is 21.3 Å². The van der Waals surface area contributed by atoms with Crippen molar-refractivity contribution in [3.63, 3.8) is 0 Å². The molecule has 0 aliphatic carbocycles. The number of carbonyl (C=O) groups is 12. The molecule has 0 unspecified atom stereocenters. The van der Waals surface area contributed by atoms with Gasteiger partial charge in [0.1, 0.15) is 66.2 Å². The molecule has 0 aromatic rings. The summed E-state index contributed by atoms with van der Waals surface area (Å²) in [6.45, 7) is 29.9. The minimum Gasteiger partial charge on any atom is -0.390 e. The van der Waals surface area contributed by atoms with E-state index >= 15 is 24.0 Å². The van der Waals surface area contributed by atoms with E-state index in [9.17, 15) is 43.8 Å². The number of thioether (sulfide) groups is 1. The molecule has 13 atom stereocenters. The highest BCUT2D eigenvalue weighted by atomic mass is 32.2. The highest BCUT2D eigenvalue weighted by Crippen LogP contribution is 2.27. The maximum absolute atomic E-state index is 15.3. The zero-order valence-corrected chi connectivity index (χ0v) is 63.0. The number of likely N-dealkylation sites (N-methyl/N-ethyl adjacent to an activating group) is 7. The lowest BCUT2D eigenvalue weighted by molar-refractivity contribution is -0.157. The summed E-state index contributed by atoms with van der Waals surface area (Å²) in [4.78, 5) is 184. The molecule has 0 spiro atoms. The minimum atomic E-state index is -1.66. The second kappa shape index (κ2) is 40.0. The number of rotatable bonds is 21. The number of hydrogen-bond acceptors (Lipinski definition) is 16. The van der Waals surface area contributed by atoms with Gasteiger partial charge in [0.05, 0.1) is 24.3 Å². The Balaban J connectivity index is 4.51. The molecule has 1 saturated heterocycles. The summed E-state index contributed by atoms with van der Waals surface area (Å²) in [6, 6.07) is -14.1. The van der Waals surface area contributed by atoms with E-state index in [0.717, 1.165) is 4.90 Å². The second-order valence-electron chi connectivity index (χ2n) is 29.0. The quantitative estimate of drug-likeness (QED) is 0.0701. The molecule has 0 bridgehead atoms. The molecule has 95 heavy (non-hydrogen) atoms. The molecule has 1 aliphatic rings. The summed E-state index contributed by atoms with van der Waals surface area (Å²) in [5.41, 5.74) is -1.52. The van der Waals surface area contributed by atoms with Gasteiger partial charge in [0.15, 0.2) is 5.78 Å². The van der Waals surface area contributed by atoms with Gasteiger partial charge in [-0.25, -0.2) is 0 Å². The van der Waals surface area contributed by atoms with Crippen LogP contribution in [-0.4, -0.2) is 261 Å². The zero-order valence-electron chi connectivity index (χ0n) is 62.2. The van der Waals surface area contributed by atoms with Gasteiger partial charge < -0.3 is 65.7 Å². The van der Waals surface area contributed by atoms with Gasteiger partial charge in [0.2, 0.25) is 59.1 Å². The van der Waals surface area contributed by atoms with E-state index < -0.39 is 167 Å². The van der Waals surface area contributed by atoms with Crippen LogP contribution in [0.4, 0.5) is 0 Å². The molecule has 0 saturated carbocycles. The Morgan fingerprint density at radius 1 is 0.568 bits per heavy atom. The van der Waals surface area contributed by atoms with E-state index in [-0.39, 0.29) is 74.2 Å². The number of nitrogens with zero attached hydrogens (tertiary/aromatic N) is 7. The number of nitrogens with one attached hydrogen (secondary N) is 4. The van der Waals surface area contributed by atoms with E-state index in [1.807, 2.05) is 41.5 Å². The molecule has 0 aromatic carbocycles. The summed E-state index contributed by atoms with van der Waals surface area (Å²) >= 11 is 1.32. The topological polar surface area (TPSA) is 316 Å². The van der Waals surface area contributed by atoms with Crippen molar-refractivity contribution in [2.24, 2.45) is 35.5 Å². The molecule has 0 radical (unpaired) electrons. The fraction of sp³-hybridized carbons (Fsp3) is 0.797. The smallest absolute Gasteiger partial charge is 0.246 e. The Labute approximate surface area is 572 Å². The van der Waals surface area contributed by atoms with Crippen molar-refractivity contribution in [2.75, 3.05) is 67.4 Å². The number of allylic oxidation sites excluding steroid dienone is 2. The third-order valence-electron chi connectivity index (χ3n) is 17.7. The van der Waals surface area contributed by atoms with Gasteiger partial charge in [-0.2, -0.15) is 11.8 Å². The molecule has 10 amide bonds. The maximum atomic E-state index is 15.3. The van der Waals surface area contributed by atoms with E-state index in [4.69, 9.17) is 0 Å². The Hall–Kier alpha value is -5.99. The molecule has 1 heterocycles. The van der Waals surface area contributed by atoms with Crippen molar-refractivity contribution < 1.29 is 67.7 Å². The van der Waals surface area contributed by atoms with Crippen LogP contribution in [0.1, 0.15) is 176 Å². The first-order chi connectivity index (χ1) is 43.8. The van der Waals surface area contributed by atoms with Crippen molar-refractivity contribution in [1.82, 2.24) is 55.6 Å². The number of ketones is 2. The van der Waals surface area contributed by atoms with Gasteiger partial charge in [-0.05, 0) is 128 Å². The largest absolute Gasteiger partial charge is 0.390 e. The van der Waals surface area contributed by atoms with Crippen LogP contribution in [0, 0.1) is 35.5 Å². The van der Waals surface area contributed by atoms with E-state index in [0.29, 0.717) is 12.2 Å². The molecule has 26 heteroatoms. The molecular weight excluding hydrogens is 1240 g/mol. The number of amides is 10. The number of aliphatic hydroxyl groups excluding tert-OH is 1. The standard InChI is InChI=1S/C69H123N11O14S/c1-26-28-30-44(13)58(83)57-62(87)72-48(27-2)64(89)78(23)53(38-95-32-29-31-45(14)81)54(82)37-74(19)52(36-69(17,18)94)61(86)73-55(42(9)10)67(92)75(20)49(33-39(3)4)60(85)70-46(15)59(84)71-47(16)63(88)76(21)50(34-40(5)6)65(90)77(22)51(35-41(7)8)66(91)79(24)56(43(11)12)68(93)80(57)25/h26,28,39-44,46-53,55-58,83,94H,27,29-38H2,1-25H3,(H,70,85)(H,71,84)(H,72,87)(H,73,86)/t44-,46+,47-,48+,49+,50+,51+,52+,53-,55+,56+,57+,58-/m1/s1. The number of aliphatic hydroxyl groups is 2. The third-order valence-corrected chi connectivity index (χ3v) is 18.8. The van der Waals surface area contributed by atoms with Crippen molar-refractivity contribution in [2.45, 2.75) is 254 Å². The molecule has 25 nitrogen and oxygen atoms in total. The predicted octanol–water partition coefficient (Wildman–Crippen LogP) is 3.90. The Kier molecular flexibility index (Phi) is 36.7. The summed E-state index contributed by atoms with van der Waals surface area (Å²) in [6.07, 6.45) is 3.18. The van der Waals surface area contributed by atoms with E-state index in [1.165, 1.54) is 125 Å². The van der Waals surface area contributed by atoms with E-state index in [2.05, 4.69) is 21.3 Å². The van der Waals surface area contributed by atoms with Crippen LogP contribution in [0.5, 0.6) is 0 Å². The molecule has 6 N–H and O–H groups in total. The average molecular weight is 1360 g/mol. The predicted molar refractivity (Wildman–Crippen MR) is 371 cm³/mol. The number of Topliss-reactive ketones (excluding diaryl/α,β-unsaturated/α-hetero) is 2. The molecule has 1 rings (SSSR count). The van der Waals surface area contributed by atoms with Crippen LogP contribution in [-0.2, 0) is 57.5 Å². The van der Waals surface area contributed by atoms with Crippen LogP contribution >= 0.6 is 11.8 Å². The number of carbonyl (C=O) groups excluding carboxylic acids is 12. The van der Waals surface area contributed by atoms with Crippen molar-refractivity contribution in [3.05, 3.63) is 12.2 Å². The van der Waals surface area contributed by atoms with Gasteiger partial charge in [-0.1, -0.05) is 95.2 Å². The zero-order chi connectivity index (χ0) is 73.6. The van der Waals surface area contributed by atoms with E-state index in [1.54, 1.807) is 60.6 Å². The molecule has 1 fully saturated rings. The summed E-state index contributed by atoms with van der Waals surface area (Å²) in [5.74, 6) is -9.59. The first kappa shape index (κ1) is 87.0. The average Bonchev–Trinajstić information content (AvgIpc) is 0.809. The molecular formula is C69H123N11O14S. The Morgan fingerprint density at radius 3 is 1.51 bits per heavy atom. The monoisotopic (exact) mass is 1360 g/mol. The van der Waals surface area contributed by atoms with Gasteiger partial charge in [0.25, 0.3) is 0 Å². The maximum Gasteiger partial charge on any atom is 0.246 e. The highest BCUT2D eigenvalue weighted by Gasteiger charge is 2.46.